The Morgan fingerprint density at radius 1 is 0.385 bits per heavy atom. The molecule has 6 aliphatic rings. The Balaban J connectivity index is 1.64. The van der Waals surface area contributed by atoms with E-state index in [0.29, 0.717) is 0 Å². The lowest BCUT2D eigenvalue weighted by atomic mass is 9.80. The van der Waals surface area contributed by atoms with Crippen LogP contribution in [0.2, 0.25) is 0 Å². The van der Waals surface area contributed by atoms with Crippen LogP contribution in [0, 0.1) is 59.2 Å². The molecule has 6 aliphatic carbocycles. The van der Waals surface area contributed by atoms with Gasteiger partial charge in [-0.05, 0) is 78.4 Å². The van der Waals surface area contributed by atoms with Gasteiger partial charge in [0.2, 0.25) is 0 Å². The van der Waals surface area contributed by atoms with Gasteiger partial charge in [0.25, 0.3) is 0 Å². The van der Waals surface area contributed by atoms with E-state index in [4.69, 9.17) is 0 Å². The minimum atomic E-state index is 1.27. The smallest absolute Gasteiger partial charge is 0.0313 e. The Hall–Kier alpha value is 0. The summed E-state index contributed by atoms with van der Waals surface area (Å²) in [5.74, 6) is 12.8. The first kappa shape index (κ1) is 5.78. The van der Waals surface area contributed by atoms with Crippen LogP contribution < -0.4 is 0 Å². The van der Waals surface area contributed by atoms with Crippen molar-refractivity contribution in [1.82, 2.24) is 0 Å². The third-order valence-corrected chi connectivity index (χ3v) is 6.97. The second-order valence-electron chi connectivity index (χ2n) is 7.00. The Bertz CT molecular complexity index is 257. The summed E-state index contributed by atoms with van der Waals surface area (Å²) in [6, 6.07) is 0. The Labute approximate surface area is 79.1 Å². The molecule has 13 heavy (non-hydrogen) atoms. The number of fused-ring (bicyclic) bond motifs is 9. The van der Waals surface area contributed by atoms with Crippen molar-refractivity contribution < 1.29 is 0 Å². The standard InChI is InChI=1S/C13H16/c1-4-5(1)11-7-3-9(7)12-8-2-6(8)10(4)13(11)12/h4-13H,1-3H2/t4-,5-,6-,7+,8+,9+,10?,11?,12?,13?. The lowest BCUT2D eigenvalue weighted by Crippen LogP contribution is -2.21. The minimum Gasteiger partial charge on any atom is -0.0465 e. The SMILES string of the molecule is C1[C@@H]2C3C4C([C@@H]12)[C@@H]1C[C@H]1C4[C@@H]1C[C@H]31. The molecule has 10 atom stereocenters. The van der Waals surface area contributed by atoms with E-state index in [-0.39, 0.29) is 0 Å². The van der Waals surface area contributed by atoms with Crippen LogP contribution in [0.1, 0.15) is 19.3 Å². The molecule has 0 N–H and O–H groups in total. The fourth-order valence-electron chi connectivity index (χ4n) is 6.80. The van der Waals surface area contributed by atoms with Gasteiger partial charge in [-0.15, -0.1) is 0 Å². The van der Waals surface area contributed by atoms with Crippen molar-refractivity contribution in [2.45, 2.75) is 19.3 Å². The zero-order valence-corrected chi connectivity index (χ0v) is 7.89. The summed E-state index contributed by atoms with van der Waals surface area (Å²) in [5.41, 5.74) is 0. The molecule has 0 heterocycles. The van der Waals surface area contributed by atoms with E-state index < -0.39 is 0 Å². The van der Waals surface area contributed by atoms with Crippen LogP contribution >= 0.6 is 0 Å². The average molecular weight is 172 g/mol. The number of hydrogen-bond donors (Lipinski definition) is 0. The van der Waals surface area contributed by atoms with Gasteiger partial charge in [0.1, 0.15) is 0 Å². The molecule has 0 spiro atoms. The molecule has 0 aromatic carbocycles. The predicted molar refractivity (Wildman–Crippen MR) is 48.8 cm³/mol. The highest BCUT2D eigenvalue weighted by Gasteiger charge is 2.81. The molecular formula is C13H16. The molecule has 6 rings (SSSR count). The van der Waals surface area contributed by atoms with Crippen LogP contribution in [0.3, 0.4) is 0 Å². The summed E-state index contributed by atoms with van der Waals surface area (Å²) in [5, 5.41) is 0. The maximum absolute atomic E-state index is 1.67. The third-order valence-electron chi connectivity index (χ3n) is 6.97. The summed E-state index contributed by atoms with van der Waals surface area (Å²) < 4.78 is 0. The van der Waals surface area contributed by atoms with E-state index in [9.17, 15) is 0 Å². The lowest BCUT2D eigenvalue weighted by molar-refractivity contribution is 0.222. The highest BCUT2D eigenvalue weighted by molar-refractivity contribution is 5.28. The molecule has 6 fully saturated rings. The molecule has 0 heteroatoms. The first-order chi connectivity index (χ1) is 6.45. The normalized spacial score (nSPS) is 88.6. The Kier molecular flexibility index (Phi) is 0.593. The zero-order valence-electron chi connectivity index (χ0n) is 7.89. The van der Waals surface area contributed by atoms with Crippen LogP contribution in [0.4, 0.5) is 0 Å². The van der Waals surface area contributed by atoms with Gasteiger partial charge >= 0.3 is 0 Å². The first-order valence-electron chi connectivity index (χ1n) is 6.45. The van der Waals surface area contributed by atoms with Crippen LogP contribution in [-0.4, -0.2) is 0 Å². The first-order valence-corrected chi connectivity index (χ1v) is 6.45. The van der Waals surface area contributed by atoms with Gasteiger partial charge in [-0.1, -0.05) is 0 Å². The molecule has 4 unspecified atom stereocenters. The maximum Gasteiger partial charge on any atom is -0.0313 e. The van der Waals surface area contributed by atoms with E-state index >= 15 is 0 Å². The summed E-state index contributed by atoms with van der Waals surface area (Å²) in [7, 11) is 0. The maximum atomic E-state index is 1.67. The largest absolute Gasteiger partial charge is 0.0465 e. The topological polar surface area (TPSA) is 0 Å². The van der Waals surface area contributed by atoms with Crippen molar-refractivity contribution in [3.05, 3.63) is 0 Å². The fraction of sp³-hybridized carbons (Fsp3) is 1.00. The van der Waals surface area contributed by atoms with Crippen molar-refractivity contribution in [3.8, 4) is 0 Å². The zero-order chi connectivity index (χ0) is 7.89. The van der Waals surface area contributed by atoms with Gasteiger partial charge in [-0.3, -0.25) is 0 Å². The van der Waals surface area contributed by atoms with Crippen molar-refractivity contribution in [2.75, 3.05) is 0 Å². The highest BCUT2D eigenvalue weighted by Crippen LogP contribution is 2.86. The molecule has 0 radical (unpaired) electrons. The summed E-state index contributed by atoms with van der Waals surface area (Å²) in [6.45, 7) is 0. The van der Waals surface area contributed by atoms with Gasteiger partial charge in [0.05, 0.1) is 0 Å². The number of hydrogen-bond acceptors (Lipinski definition) is 0. The van der Waals surface area contributed by atoms with E-state index in [1.54, 1.807) is 19.3 Å². The van der Waals surface area contributed by atoms with Crippen LogP contribution in [0.25, 0.3) is 0 Å². The summed E-state index contributed by atoms with van der Waals surface area (Å²) in [4.78, 5) is 0. The highest BCUT2D eigenvalue weighted by atomic mass is 14.9. The third kappa shape index (κ3) is 0.412. The Morgan fingerprint density at radius 3 is 1.00 bits per heavy atom. The second-order valence-corrected chi connectivity index (χ2v) is 7.00. The summed E-state index contributed by atoms with van der Waals surface area (Å²) in [6.07, 6.45) is 5.01. The minimum absolute atomic E-state index is 1.27. The molecule has 0 nitrogen and oxygen atoms in total. The van der Waals surface area contributed by atoms with Gasteiger partial charge in [-0.2, -0.15) is 0 Å². The predicted octanol–water partition coefficient (Wildman–Crippen LogP) is 2.40. The quantitative estimate of drug-likeness (QED) is 0.526. The van der Waals surface area contributed by atoms with E-state index in [2.05, 4.69) is 0 Å². The molecule has 0 bridgehead atoms. The molecule has 0 amide bonds. The molecule has 6 saturated carbocycles. The van der Waals surface area contributed by atoms with Crippen molar-refractivity contribution >= 4 is 0 Å². The van der Waals surface area contributed by atoms with E-state index in [0.717, 1.165) is 0 Å². The van der Waals surface area contributed by atoms with Gasteiger partial charge in [0, 0.05) is 0 Å². The van der Waals surface area contributed by atoms with Crippen molar-refractivity contribution in [3.63, 3.8) is 0 Å². The molecule has 0 aromatic rings. The van der Waals surface area contributed by atoms with Crippen LogP contribution in [0.15, 0.2) is 0 Å². The van der Waals surface area contributed by atoms with Crippen molar-refractivity contribution in [2.24, 2.45) is 59.2 Å². The van der Waals surface area contributed by atoms with E-state index in [1.165, 1.54) is 59.2 Å². The monoisotopic (exact) mass is 172 g/mol. The second kappa shape index (κ2) is 1.33. The van der Waals surface area contributed by atoms with Gasteiger partial charge in [0.15, 0.2) is 0 Å². The molecule has 68 valence electrons. The van der Waals surface area contributed by atoms with Crippen LogP contribution in [-0.2, 0) is 0 Å². The van der Waals surface area contributed by atoms with E-state index in [1.807, 2.05) is 0 Å². The van der Waals surface area contributed by atoms with Crippen LogP contribution in [0.5, 0.6) is 0 Å². The van der Waals surface area contributed by atoms with Gasteiger partial charge < -0.3 is 0 Å². The summed E-state index contributed by atoms with van der Waals surface area (Å²) >= 11 is 0. The molecule has 0 aliphatic heterocycles. The molecule has 0 aromatic heterocycles. The lowest BCUT2D eigenvalue weighted by Gasteiger charge is -2.25. The average Bonchev–Trinajstić information content (AvgIpc) is 3.06. The fourth-order valence-corrected chi connectivity index (χ4v) is 6.80. The van der Waals surface area contributed by atoms with Crippen molar-refractivity contribution in [1.29, 1.82) is 0 Å². The Morgan fingerprint density at radius 2 is 0.692 bits per heavy atom. The number of rotatable bonds is 0. The molecular weight excluding hydrogens is 156 g/mol. The van der Waals surface area contributed by atoms with Gasteiger partial charge in [-0.25, -0.2) is 0 Å². The molecule has 0 saturated heterocycles.